The molecule has 1 aliphatic heterocycles. The first-order valence-electron chi connectivity index (χ1n) is 5.89. The van der Waals surface area contributed by atoms with Crippen LogP contribution in [-0.2, 0) is 0 Å². The molecular weight excluding hydrogens is 286 g/mol. The van der Waals surface area contributed by atoms with Gasteiger partial charge in [0.25, 0.3) is 0 Å². The topological polar surface area (TPSA) is 12.4 Å². The van der Waals surface area contributed by atoms with Crippen LogP contribution in [0.25, 0.3) is 5.57 Å². The average molecular weight is 302 g/mol. The minimum atomic E-state index is 0.976. The van der Waals surface area contributed by atoms with Crippen molar-refractivity contribution in [2.45, 2.75) is 20.8 Å². The Kier molecular flexibility index (Phi) is 3.67. The molecule has 0 radical (unpaired) electrons. The van der Waals surface area contributed by atoms with Crippen LogP contribution in [-0.4, -0.2) is 5.71 Å². The van der Waals surface area contributed by atoms with Crippen LogP contribution < -0.4 is 0 Å². The molecule has 0 saturated carbocycles. The zero-order valence-electron chi connectivity index (χ0n) is 10.9. The van der Waals surface area contributed by atoms with Gasteiger partial charge >= 0.3 is 0 Å². The Labute approximate surface area is 117 Å². The van der Waals surface area contributed by atoms with Crippen molar-refractivity contribution in [1.82, 2.24) is 0 Å². The van der Waals surface area contributed by atoms with Crippen molar-refractivity contribution in [3.8, 4) is 0 Å². The summed E-state index contributed by atoms with van der Waals surface area (Å²) in [6, 6.07) is 8.33. The summed E-state index contributed by atoms with van der Waals surface area (Å²) >= 11 is 3.46. The maximum atomic E-state index is 4.57. The smallest absolute Gasteiger partial charge is 0.0442 e. The van der Waals surface area contributed by atoms with E-state index >= 15 is 0 Å². The second-order valence-corrected chi connectivity index (χ2v) is 5.41. The van der Waals surface area contributed by atoms with E-state index < -0.39 is 0 Å². The van der Waals surface area contributed by atoms with Crippen molar-refractivity contribution in [2.75, 3.05) is 0 Å². The number of rotatable bonds is 1. The van der Waals surface area contributed by atoms with Crippen LogP contribution in [0.15, 0.2) is 63.2 Å². The molecule has 0 aliphatic carbocycles. The Morgan fingerprint density at radius 3 is 2.28 bits per heavy atom. The van der Waals surface area contributed by atoms with Gasteiger partial charge in [0.15, 0.2) is 0 Å². The Balaban J connectivity index is 2.56. The third kappa shape index (κ3) is 2.54. The van der Waals surface area contributed by atoms with Crippen LogP contribution in [0.3, 0.4) is 0 Å². The summed E-state index contributed by atoms with van der Waals surface area (Å²) < 4.78 is 1.09. The lowest BCUT2D eigenvalue weighted by molar-refractivity contribution is 1.24. The summed E-state index contributed by atoms with van der Waals surface area (Å²) in [6.45, 7) is 10.2. The van der Waals surface area contributed by atoms with E-state index in [0.29, 0.717) is 0 Å². The third-order valence-corrected chi connectivity index (χ3v) is 3.75. The Hall–Kier alpha value is -1.41. The number of nitrogens with zero attached hydrogens (tertiary/aromatic N) is 1. The van der Waals surface area contributed by atoms with Crippen molar-refractivity contribution in [3.63, 3.8) is 0 Å². The quantitative estimate of drug-likeness (QED) is 0.679. The number of allylic oxidation sites excluding steroid dienone is 5. The highest BCUT2D eigenvalue weighted by molar-refractivity contribution is 9.10. The first-order valence-corrected chi connectivity index (χ1v) is 6.68. The van der Waals surface area contributed by atoms with Gasteiger partial charge in [0.2, 0.25) is 0 Å². The highest BCUT2D eigenvalue weighted by Crippen LogP contribution is 2.30. The molecule has 0 N–H and O–H groups in total. The molecule has 1 heterocycles. The van der Waals surface area contributed by atoms with Crippen LogP contribution in [0.4, 0.5) is 0 Å². The molecule has 0 saturated heterocycles. The lowest BCUT2D eigenvalue weighted by Gasteiger charge is -2.09. The molecule has 0 fully saturated rings. The molecule has 0 atom stereocenters. The highest BCUT2D eigenvalue weighted by atomic mass is 79.9. The van der Waals surface area contributed by atoms with Gasteiger partial charge in [0.1, 0.15) is 0 Å². The summed E-state index contributed by atoms with van der Waals surface area (Å²) in [4.78, 5) is 4.57. The Bertz CT molecular complexity index is 586. The van der Waals surface area contributed by atoms with Gasteiger partial charge in [-0.05, 0) is 61.3 Å². The van der Waals surface area contributed by atoms with Gasteiger partial charge in [-0.25, -0.2) is 0 Å². The fourth-order valence-corrected chi connectivity index (χ4v) is 2.18. The predicted molar refractivity (Wildman–Crippen MR) is 82.7 cm³/mol. The summed E-state index contributed by atoms with van der Waals surface area (Å²) in [5.74, 6) is 0. The number of benzene rings is 1. The number of hydrogen-bond acceptors (Lipinski definition) is 1. The Morgan fingerprint density at radius 2 is 1.67 bits per heavy atom. The molecule has 1 nitrogen and oxygen atoms in total. The van der Waals surface area contributed by atoms with Gasteiger partial charge < -0.3 is 0 Å². The number of aliphatic imine (C=N–C) groups is 1. The fraction of sp³-hybridized carbons (Fsp3) is 0.188. The van der Waals surface area contributed by atoms with Gasteiger partial charge in [0.05, 0.1) is 0 Å². The van der Waals surface area contributed by atoms with Crippen molar-refractivity contribution in [2.24, 2.45) is 4.99 Å². The molecule has 2 heteroatoms. The van der Waals surface area contributed by atoms with Gasteiger partial charge in [0, 0.05) is 15.9 Å². The third-order valence-electron chi connectivity index (χ3n) is 3.22. The van der Waals surface area contributed by atoms with E-state index in [1.165, 1.54) is 16.7 Å². The maximum absolute atomic E-state index is 4.57. The highest BCUT2D eigenvalue weighted by Gasteiger charge is 2.12. The second kappa shape index (κ2) is 5.07. The van der Waals surface area contributed by atoms with Gasteiger partial charge in [-0.15, -0.1) is 0 Å². The fourth-order valence-electron chi connectivity index (χ4n) is 1.92. The van der Waals surface area contributed by atoms with Gasteiger partial charge in [-0.2, -0.15) is 0 Å². The molecule has 1 aromatic rings. The van der Waals surface area contributed by atoms with Gasteiger partial charge in [-0.1, -0.05) is 34.6 Å². The van der Waals surface area contributed by atoms with E-state index in [9.17, 15) is 0 Å². The summed E-state index contributed by atoms with van der Waals surface area (Å²) in [6.07, 6.45) is 2.12. The molecule has 1 aromatic carbocycles. The van der Waals surface area contributed by atoms with E-state index in [0.717, 1.165) is 21.5 Å². The largest absolute Gasteiger partial charge is 0.258 e. The first-order chi connectivity index (χ1) is 8.49. The minimum Gasteiger partial charge on any atom is -0.258 e. The van der Waals surface area contributed by atoms with Crippen molar-refractivity contribution < 1.29 is 0 Å². The van der Waals surface area contributed by atoms with Crippen LogP contribution in [0.1, 0.15) is 26.3 Å². The lowest BCUT2D eigenvalue weighted by atomic mass is 9.96. The molecule has 0 bridgehead atoms. The zero-order chi connectivity index (χ0) is 13.3. The molecule has 2 rings (SSSR count). The van der Waals surface area contributed by atoms with Crippen LogP contribution >= 0.6 is 15.9 Å². The van der Waals surface area contributed by atoms with E-state index in [-0.39, 0.29) is 0 Å². The summed E-state index contributed by atoms with van der Waals surface area (Å²) in [5.41, 5.74) is 6.62. The maximum Gasteiger partial charge on any atom is 0.0442 e. The first kappa shape index (κ1) is 13.0. The molecule has 0 aromatic heterocycles. The molecule has 1 aliphatic rings. The monoisotopic (exact) mass is 301 g/mol. The number of hydrogen-bond donors (Lipinski definition) is 0. The van der Waals surface area contributed by atoms with Crippen LogP contribution in [0.2, 0.25) is 0 Å². The van der Waals surface area contributed by atoms with Crippen molar-refractivity contribution >= 4 is 27.2 Å². The average Bonchev–Trinajstić information content (AvgIpc) is 2.43. The molecule has 18 heavy (non-hydrogen) atoms. The van der Waals surface area contributed by atoms with Gasteiger partial charge in [-0.3, -0.25) is 4.99 Å². The minimum absolute atomic E-state index is 0.976. The normalized spacial score (nSPS) is 16.3. The molecule has 92 valence electrons. The second-order valence-electron chi connectivity index (χ2n) is 4.50. The number of halogens is 1. The standard InChI is InChI=1S/C16H16BrN/c1-10-9-16(11(2)13(4)18-12(10)3)14-5-7-15(17)8-6-14/h5-9H,1H2,2-4H3. The Morgan fingerprint density at radius 1 is 1.06 bits per heavy atom. The molecule has 0 spiro atoms. The lowest BCUT2D eigenvalue weighted by Crippen LogP contribution is -1.92. The molecule has 0 unspecified atom stereocenters. The van der Waals surface area contributed by atoms with Crippen LogP contribution in [0.5, 0.6) is 0 Å². The van der Waals surface area contributed by atoms with Crippen molar-refractivity contribution in [3.05, 3.63) is 63.8 Å². The van der Waals surface area contributed by atoms with E-state index in [4.69, 9.17) is 0 Å². The molecular formula is C16H16BrN. The van der Waals surface area contributed by atoms with E-state index in [1.807, 2.05) is 13.8 Å². The zero-order valence-corrected chi connectivity index (χ0v) is 12.5. The van der Waals surface area contributed by atoms with E-state index in [1.54, 1.807) is 0 Å². The van der Waals surface area contributed by atoms with Crippen molar-refractivity contribution in [1.29, 1.82) is 0 Å². The van der Waals surface area contributed by atoms with Crippen LogP contribution in [0, 0.1) is 0 Å². The predicted octanol–water partition coefficient (Wildman–Crippen LogP) is 5.16. The SMILES string of the molecule is C=C1C=C(c2ccc(Br)cc2)C(C)=C(C)N=C1C. The molecule has 0 amide bonds. The summed E-state index contributed by atoms with van der Waals surface area (Å²) in [5, 5.41) is 0. The van der Waals surface area contributed by atoms with E-state index in [2.05, 4.69) is 64.8 Å². The summed E-state index contributed by atoms with van der Waals surface area (Å²) in [7, 11) is 0.